The van der Waals surface area contributed by atoms with E-state index in [0.717, 1.165) is 31.1 Å². The van der Waals surface area contributed by atoms with E-state index in [4.69, 9.17) is 4.74 Å². The molecule has 0 aliphatic rings. The van der Waals surface area contributed by atoms with Crippen LogP contribution in [0.25, 0.3) is 0 Å². The Hall–Kier alpha value is -0.980. The molecule has 0 heterocycles. The van der Waals surface area contributed by atoms with Gasteiger partial charge in [-0.3, -0.25) is 0 Å². The molecule has 0 aliphatic carbocycles. The maximum atomic E-state index is 5.86. The molecule has 1 aromatic rings. The molecule has 0 radical (unpaired) electrons. The quantitative estimate of drug-likeness (QED) is 0.616. The van der Waals surface area contributed by atoms with Gasteiger partial charge in [0.1, 0.15) is 5.75 Å². The lowest BCUT2D eigenvalue weighted by Crippen LogP contribution is -2.01. The van der Waals surface area contributed by atoms with Gasteiger partial charge in [0.05, 0.1) is 6.61 Å². The highest BCUT2D eigenvalue weighted by atomic mass is 16.5. The highest BCUT2D eigenvalue weighted by Crippen LogP contribution is 2.20. The van der Waals surface area contributed by atoms with Gasteiger partial charge < -0.3 is 4.74 Å². The number of aryl methyl sites for hydroxylation is 1. The lowest BCUT2D eigenvalue weighted by molar-refractivity contribution is 0.297. The molecule has 0 saturated heterocycles. The van der Waals surface area contributed by atoms with Crippen LogP contribution in [0.15, 0.2) is 18.2 Å². The van der Waals surface area contributed by atoms with E-state index in [1.54, 1.807) is 0 Å². The third-order valence-electron chi connectivity index (χ3n) is 2.95. The molecule has 0 bridgehead atoms. The van der Waals surface area contributed by atoms with Crippen molar-refractivity contribution < 1.29 is 4.74 Å². The van der Waals surface area contributed by atoms with Crippen LogP contribution in [0, 0.1) is 18.8 Å². The minimum Gasteiger partial charge on any atom is -0.494 e. The maximum Gasteiger partial charge on any atom is 0.119 e. The van der Waals surface area contributed by atoms with Crippen molar-refractivity contribution in [2.45, 2.75) is 53.9 Å². The Morgan fingerprint density at radius 3 is 2.33 bits per heavy atom. The fourth-order valence-corrected chi connectivity index (χ4v) is 2.18. The first-order valence-corrected chi connectivity index (χ1v) is 7.20. The fraction of sp³-hybridized carbons (Fsp3) is 0.647. The average molecular weight is 248 g/mol. The van der Waals surface area contributed by atoms with Gasteiger partial charge in [-0.1, -0.05) is 33.8 Å². The van der Waals surface area contributed by atoms with E-state index in [0.29, 0.717) is 5.92 Å². The van der Waals surface area contributed by atoms with Gasteiger partial charge in [-0.05, 0) is 61.3 Å². The molecule has 1 aromatic carbocycles. The van der Waals surface area contributed by atoms with Crippen LogP contribution in [0.2, 0.25) is 0 Å². The number of hydrogen-bond acceptors (Lipinski definition) is 1. The first kappa shape index (κ1) is 15.1. The van der Waals surface area contributed by atoms with Crippen LogP contribution in [0.3, 0.4) is 0 Å². The summed E-state index contributed by atoms with van der Waals surface area (Å²) in [4.78, 5) is 0. The van der Waals surface area contributed by atoms with Crippen molar-refractivity contribution in [3.63, 3.8) is 0 Å². The van der Waals surface area contributed by atoms with Crippen LogP contribution in [0.5, 0.6) is 5.75 Å². The molecule has 0 saturated carbocycles. The van der Waals surface area contributed by atoms with Crippen LogP contribution in [0.1, 0.15) is 51.7 Å². The van der Waals surface area contributed by atoms with Crippen LogP contribution in [0.4, 0.5) is 0 Å². The van der Waals surface area contributed by atoms with Gasteiger partial charge in [0, 0.05) is 0 Å². The van der Waals surface area contributed by atoms with Gasteiger partial charge in [-0.2, -0.15) is 0 Å². The zero-order chi connectivity index (χ0) is 13.5. The summed E-state index contributed by atoms with van der Waals surface area (Å²) < 4.78 is 5.86. The standard InChI is InChI=1S/C17H28O/c1-13(2)7-6-8-18-17-11-15(5)10-16(12-17)9-14(3)4/h10-14H,6-9H2,1-5H3. The van der Waals surface area contributed by atoms with Gasteiger partial charge in [-0.15, -0.1) is 0 Å². The predicted molar refractivity (Wildman–Crippen MR) is 79.3 cm³/mol. The Bertz CT molecular complexity index is 353. The summed E-state index contributed by atoms with van der Waals surface area (Å²) in [5.41, 5.74) is 2.69. The SMILES string of the molecule is Cc1cc(CC(C)C)cc(OCCCC(C)C)c1. The molecular formula is C17H28O. The summed E-state index contributed by atoms with van der Waals surface area (Å²) in [6.45, 7) is 12.0. The molecule has 0 fully saturated rings. The molecule has 0 aromatic heterocycles. The van der Waals surface area contributed by atoms with E-state index in [-0.39, 0.29) is 0 Å². The smallest absolute Gasteiger partial charge is 0.119 e. The third-order valence-corrected chi connectivity index (χ3v) is 2.95. The normalized spacial score (nSPS) is 11.3. The Kier molecular flexibility index (Phi) is 6.24. The first-order valence-electron chi connectivity index (χ1n) is 7.20. The minimum atomic E-state index is 0.695. The summed E-state index contributed by atoms with van der Waals surface area (Å²) in [7, 11) is 0. The van der Waals surface area contributed by atoms with Crippen molar-refractivity contribution >= 4 is 0 Å². The zero-order valence-electron chi connectivity index (χ0n) is 12.6. The second-order valence-corrected chi connectivity index (χ2v) is 6.14. The van der Waals surface area contributed by atoms with E-state index in [9.17, 15) is 0 Å². The van der Waals surface area contributed by atoms with Crippen LogP contribution in [-0.4, -0.2) is 6.61 Å². The number of benzene rings is 1. The predicted octanol–water partition coefficient (Wildman–Crippen LogP) is 5.01. The van der Waals surface area contributed by atoms with Crippen LogP contribution >= 0.6 is 0 Å². The highest BCUT2D eigenvalue weighted by Gasteiger charge is 2.03. The molecule has 0 aliphatic heterocycles. The van der Waals surface area contributed by atoms with Crippen molar-refractivity contribution in [2.24, 2.45) is 11.8 Å². The molecule has 1 rings (SSSR count). The maximum absolute atomic E-state index is 5.86. The molecule has 0 unspecified atom stereocenters. The minimum absolute atomic E-state index is 0.695. The molecule has 0 N–H and O–H groups in total. The molecule has 0 atom stereocenters. The summed E-state index contributed by atoms with van der Waals surface area (Å²) in [6.07, 6.45) is 3.51. The molecule has 0 amide bonds. The van der Waals surface area contributed by atoms with E-state index in [1.165, 1.54) is 17.5 Å². The molecule has 1 heteroatoms. The highest BCUT2D eigenvalue weighted by molar-refractivity contribution is 5.34. The number of rotatable bonds is 7. The van der Waals surface area contributed by atoms with E-state index in [1.807, 2.05) is 0 Å². The van der Waals surface area contributed by atoms with Crippen molar-refractivity contribution in [3.8, 4) is 5.75 Å². The van der Waals surface area contributed by atoms with Gasteiger partial charge in [0.2, 0.25) is 0 Å². The third kappa shape index (κ3) is 6.09. The van der Waals surface area contributed by atoms with E-state index >= 15 is 0 Å². The van der Waals surface area contributed by atoms with Gasteiger partial charge in [0.25, 0.3) is 0 Å². The lowest BCUT2D eigenvalue weighted by atomic mass is 10.0. The molecule has 1 nitrogen and oxygen atoms in total. The molecule has 18 heavy (non-hydrogen) atoms. The Morgan fingerprint density at radius 1 is 1.00 bits per heavy atom. The molecular weight excluding hydrogens is 220 g/mol. The van der Waals surface area contributed by atoms with Gasteiger partial charge >= 0.3 is 0 Å². The number of ether oxygens (including phenoxy) is 1. The van der Waals surface area contributed by atoms with Crippen molar-refractivity contribution in [1.29, 1.82) is 0 Å². The van der Waals surface area contributed by atoms with Crippen molar-refractivity contribution in [3.05, 3.63) is 29.3 Å². The summed E-state index contributed by atoms with van der Waals surface area (Å²) >= 11 is 0. The summed E-state index contributed by atoms with van der Waals surface area (Å²) in [6, 6.07) is 6.60. The summed E-state index contributed by atoms with van der Waals surface area (Å²) in [5, 5.41) is 0. The topological polar surface area (TPSA) is 9.23 Å². The van der Waals surface area contributed by atoms with E-state index < -0.39 is 0 Å². The Morgan fingerprint density at radius 2 is 1.72 bits per heavy atom. The first-order chi connectivity index (χ1) is 8.47. The monoisotopic (exact) mass is 248 g/mol. The van der Waals surface area contributed by atoms with Gasteiger partial charge in [0.15, 0.2) is 0 Å². The largest absolute Gasteiger partial charge is 0.494 e. The average Bonchev–Trinajstić information content (AvgIpc) is 2.22. The summed E-state index contributed by atoms with van der Waals surface area (Å²) in [5.74, 6) is 2.50. The second kappa shape index (κ2) is 7.45. The van der Waals surface area contributed by atoms with Gasteiger partial charge in [-0.25, -0.2) is 0 Å². The van der Waals surface area contributed by atoms with E-state index in [2.05, 4.69) is 52.8 Å². The van der Waals surface area contributed by atoms with Crippen LogP contribution in [-0.2, 0) is 6.42 Å². The van der Waals surface area contributed by atoms with Crippen molar-refractivity contribution in [2.75, 3.05) is 6.61 Å². The second-order valence-electron chi connectivity index (χ2n) is 6.14. The van der Waals surface area contributed by atoms with Crippen molar-refractivity contribution in [1.82, 2.24) is 0 Å². The lowest BCUT2D eigenvalue weighted by Gasteiger charge is -2.11. The Balaban J connectivity index is 2.51. The molecule has 102 valence electrons. The zero-order valence-corrected chi connectivity index (χ0v) is 12.6. The Labute approximate surface area is 113 Å². The molecule has 0 spiro atoms. The number of hydrogen-bond donors (Lipinski definition) is 0. The fourth-order valence-electron chi connectivity index (χ4n) is 2.18. The van der Waals surface area contributed by atoms with Crippen LogP contribution < -0.4 is 4.74 Å².